The SMILES string of the molecule is COc1ccc(F)cc1CC(=C(CCc1ccccc1)OCCN)c1ccccc1. The fourth-order valence-corrected chi connectivity index (χ4v) is 3.47. The molecule has 3 rings (SSSR count). The molecule has 0 aromatic heterocycles. The van der Waals surface area contributed by atoms with Crippen LogP contribution < -0.4 is 10.5 Å². The predicted octanol–water partition coefficient (Wildman–Crippen LogP) is 5.40. The Labute approximate surface area is 178 Å². The minimum absolute atomic E-state index is 0.285. The van der Waals surface area contributed by atoms with Gasteiger partial charge in [0.15, 0.2) is 0 Å². The highest BCUT2D eigenvalue weighted by Crippen LogP contribution is 2.31. The molecule has 0 amide bonds. The highest BCUT2D eigenvalue weighted by molar-refractivity contribution is 5.70. The summed E-state index contributed by atoms with van der Waals surface area (Å²) in [5.41, 5.74) is 9.81. The van der Waals surface area contributed by atoms with E-state index in [1.54, 1.807) is 13.2 Å². The smallest absolute Gasteiger partial charge is 0.123 e. The second-order valence-corrected chi connectivity index (χ2v) is 7.02. The van der Waals surface area contributed by atoms with Crippen molar-refractivity contribution in [3.05, 3.63) is 107 Å². The Balaban J connectivity index is 2.01. The van der Waals surface area contributed by atoms with Crippen molar-refractivity contribution in [2.24, 2.45) is 5.73 Å². The van der Waals surface area contributed by atoms with Crippen LogP contribution >= 0.6 is 0 Å². The Kier molecular flexibility index (Phi) is 8.04. The normalized spacial score (nSPS) is 11.7. The number of rotatable bonds is 10. The number of halogens is 1. The molecule has 2 N–H and O–H groups in total. The molecular weight excluding hydrogens is 377 g/mol. The molecule has 0 saturated carbocycles. The van der Waals surface area contributed by atoms with E-state index in [0.717, 1.165) is 35.3 Å². The first-order chi connectivity index (χ1) is 14.7. The van der Waals surface area contributed by atoms with E-state index >= 15 is 0 Å². The van der Waals surface area contributed by atoms with Crippen molar-refractivity contribution >= 4 is 5.57 Å². The Morgan fingerprint density at radius 3 is 2.30 bits per heavy atom. The maximum absolute atomic E-state index is 14.0. The zero-order valence-corrected chi connectivity index (χ0v) is 17.3. The fourth-order valence-electron chi connectivity index (χ4n) is 3.47. The minimum atomic E-state index is -0.285. The molecule has 0 heterocycles. The van der Waals surface area contributed by atoms with Crippen molar-refractivity contribution in [1.29, 1.82) is 0 Å². The van der Waals surface area contributed by atoms with Gasteiger partial charge in [-0.2, -0.15) is 0 Å². The molecule has 30 heavy (non-hydrogen) atoms. The summed E-state index contributed by atoms with van der Waals surface area (Å²) in [4.78, 5) is 0. The number of benzene rings is 3. The Bertz CT molecular complexity index is 955. The van der Waals surface area contributed by atoms with E-state index in [4.69, 9.17) is 15.2 Å². The van der Waals surface area contributed by atoms with E-state index < -0.39 is 0 Å². The van der Waals surface area contributed by atoms with Crippen LogP contribution in [0.25, 0.3) is 5.57 Å². The van der Waals surface area contributed by atoms with Crippen molar-refractivity contribution in [1.82, 2.24) is 0 Å². The van der Waals surface area contributed by atoms with Crippen LogP contribution in [0.1, 0.15) is 23.1 Å². The topological polar surface area (TPSA) is 44.5 Å². The molecule has 156 valence electrons. The second-order valence-electron chi connectivity index (χ2n) is 7.02. The molecule has 3 nitrogen and oxygen atoms in total. The lowest BCUT2D eigenvalue weighted by molar-refractivity contribution is 0.212. The Hall–Kier alpha value is -3.11. The van der Waals surface area contributed by atoms with Crippen LogP contribution in [0.15, 0.2) is 84.6 Å². The van der Waals surface area contributed by atoms with Crippen LogP contribution in [0.5, 0.6) is 5.75 Å². The van der Waals surface area contributed by atoms with Crippen LogP contribution in [0.4, 0.5) is 4.39 Å². The van der Waals surface area contributed by atoms with Crippen LogP contribution in [0.2, 0.25) is 0 Å². The van der Waals surface area contributed by atoms with Gasteiger partial charge in [0.1, 0.15) is 17.3 Å². The average molecular weight is 406 g/mol. The number of hydrogen-bond donors (Lipinski definition) is 1. The molecule has 0 fully saturated rings. The van der Waals surface area contributed by atoms with E-state index in [2.05, 4.69) is 24.3 Å². The molecule has 0 unspecified atom stereocenters. The summed E-state index contributed by atoms with van der Waals surface area (Å²) in [5, 5.41) is 0. The average Bonchev–Trinajstić information content (AvgIpc) is 2.79. The van der Waals surface area contributed by atoms with Crippen molar-refractivity contribution in [2.45, 2.75) is 19.3 Å². The van der Waals surface area contributed by atoms with Gasteiger partial charge in [-0.3, -0.25) is 0 Å². The molecule has 3 aromatic rings. The number of aryl methyl sites for hydroxylation is 1. The van der Waals surface area contributed by atoms with Gasteiger partial charge in [-0.05, 0) is 35.7 Å². The molecule has 0 aliphatic rings. The highest BCUT2D eigenvalue weighted by atomic mass is 19.1. The minimum Gasteiger partial charge on any atom is -0.496 e. The van der Waals surface area contributed by atoms with E-state index in [9.17, 15) is 4.39 Å². The molecular formula is C26H28FNO2. The number of allylic oxidation sites excluding steroid dienone is 2. The second kappa shape index (κ2) is 11.2. The van der Waals surface area contributed by atoms with Crippen LogP contribution in [-0.4, -0.2) is 20.3 Å². The predicted molar refractivity (Wildman–Crippen MR) is 120 cm³/mol. The third-order valence-electron chi connectivity index (χ3n) is 4.95. The number of hydrogen-bond acceptors (Lipinski definition) is 3. The van der Waals surface area contributed by atoms with Gasteiger partial charge in [-0.25, -0.2) is 4.39 Å². The van der Waals surface area contributed by atoms with Crippen molar-refractivity contribution in [2.75, 3.05) is 20.3 Å². The van der Waals surface area contributed by atoms with Gasteiger partial charge in [-0.1, -0.05) is 60.7 Å². The summed E-state index contributed by atoms with van der Waals surface area (Å²) in [7, 11) is 1.60. The summed E-state index contributed by atoms with van der Waals surface area (Å²) in [6.07, 6.45) is 2.07. The molecule has 3 aromatic carbocycles. The maximum Gasteiger partial charge on any atom is 0.123 e. The van der Waals surface area contributed by atoms with Crippen molar-refractivity contribution < 1.29 is 13.9 Å². The molecule has 0 aliphatic heterocycles. The van der Waals surface area contributed by atoms with Gasteiger partial charge in [0.25, 0.3) is 0 Å². The van der Waals surface area contributed by atoms with Gasteiger partial charge in [0, 0.05) is 30.5 Å². The molecule has 0 aliphatic carbocycles. The van der Waals surface area contributed by atoms with Gasteiger partial charge in [-0.15, -0.1) is 0 Å². The summed E-state index contributed by atoms with van der Waals surface area (Å²) < 4.78 is 25.6. The first kappa shape index (κ1) is 21.6. The summed E-state index contributed by atoms with van der Waals surface area (Å²) in [6.45, 7) is 0.862. The van der Waals surface area contributed by atoms with Crippen LogP contribution in [-0.2, 0) is 17.6 Å². The lowest BCUT2D eigenvalue weighted by Crippen LogP contribution is -2.11. The zero-order valence-electron chi connectivity index (χ0n) is 17.3. The van der Waals surface area contributed by atoms with Crippen LogP contribution in [0.3, 0.4) is 0 Å². The maximum atomic E-state index is 14.0. The number of nitrogens with two attached hydrogens (primary N) is 1. The van der Waals surface area contributed by atoms with Crippen molar-refractivity contribution in [3.8, 4) is 5.75 Å². The van der Waals surface area contributed by atoms with Gasteiger partial charge in [0.2, 0.25) is 0 Å². The Morgan fingerprint density at radius 2 is 1.63 bits per heavy atom. The lowest BCUT2D eigenvalue weighted by atomic mass is 9.94. The molecule has 0 atom stereocenters. The largest absolute Gasteiger partial charge is 0.496 e. The van der Waals surface area contributed by atoms with Crippen LogP contribution in [0, 0.1) is 5.82 Å². The first-order valence-corrected chi connectivity index (χ1v) is 10.2. The molecule has 0 radical (unpaired) electrons. The van der Waals surface area contributed by atoms with Gasteiger partial charge < -0.3 is 15.2 Å². The zero-order chi connectivity index (χ0) is 21.2. The Morgan fingerprint density at radius 1 is 0.933 bits per heavy atom. The number of methoxy groups -OCH3 is 1. The molecule has 0 bridgehead atoms. The molecule has 0 saturated heterocycles. The monoisotopic (exact) mass is 405 g/mol. The van der Waals surface area contributed by atoms with Gasteiger partial charge >= 0.3 is 0 Å². The third-order valence-corrected chi connectivity index (χ3v) is 4.95. The molecule has 4 heteroatoms. The van der Waals surface area contributed by atoms with Crippen molar-refractivity contribution in [3.63, 3.8) is 0 Å². The fraction of sp³-hybridized carbons (Fsp3) is 0.231. The summed E-state index contributed by atoms with van der Waals surface area (Å²) in [6, 6.07) is 25.0. The number of ether oxygens (including phenoxy) is 2. The van der Waals surface area contributed by atoms with E-state index in [1.165, 1.54) is 17.7 Å². The summed E-state index contributed by atoms with van der Waals surface area (Å²) in [5.74, 6) is 1.25. The highest BCUT2D eigenvalue weighted by Gasteiger charge is 2.15. The van der Waals surface area contributed by atoms with E-state index in [-0.39, 0.29) is 5.82 Å². The summed E-state index contributed by atoms with van der Waals surface area (Å²) >= 11 is 0. The lowest BCUT2D eigenvalue weighted by Gasteiger charge is -2.19. The van der Waals surface area contributed by atoms with E-state index in [0.29, 0.717) is 25.3 Å². The van der Waals surface area contributed by atoms with Gasteiger partial charge in [0.05, 0.1) is 13.7 Å². The molecule has 0 spiro atoms. The first-order valence-electron chi connectivity index (χ1n) is 10.2. The van der Waals surface area contributed by atoms with E-state index in [1.807, 2.05) is 36.4 Å². The standard InChI is InChI=1S/C26H28FNO2/c1-29-25-15-13-23(27)18-22(25)19-24(21-10-6-3-7-11-21)26(30-17-16-28)14-12-20-8-4-2-5-9-20/h2-11,13,15,18H,12,14,16-17,19,28H2,1H3. The third kappa shape index (κ3) is 5.94. The quantitative estimate of drug-likeness (QED) is 0.460.